The quantitative estimate of drug-likeness (QED) is 0.170. The molecule has 1 saturated heterocycles. The molecule has 1 aliphatic carbocycles. The van der Waals surface area contributed by atoms with E-state index < -0.39 is 41.9 Å². The fourth-order valence-corrected chi connectivity index (χ4v) is 6.31. The molecule has 4 bridgehead atoms. The lowest BCUT2D eigenvalue weighted by Gasteiger charge is -2.35. The van der Waals surface area contributed by atoms with Gasteiger partial charge in [0.1, 0.15) is 6.10 Å². The molecule has 2 N–H and O–H groups in total. The first-order chi connectivity index (χ1) is 22.6. The molecule has 3 heterocycles. The van der Waals surface area contributed by atoms with Gasteiger partial charge in [0, 0.05) is 69.5 Å². The van der Waals surface area contributed by atoms with E-state index in [-0.39, 0.29) is 35.2 Å². The highest BCUT2D eigenvalue weighted by Crippen LogP contribution is 2.31. The summed E-state index contributed by atoms with van der Waals surface area (Å²) in [5.74, 6) is -1.72. The number of Topliss-reactive ketones (excluding diaryl/α,β-unsaturated/α-hetero) is 1. The third-order valence-electron chi connectivity index (χ3n) is 9.01. The second-order valence-electron chi connectivity index (χ2n) is 12.6. The Hall–Kier alpha value is -3.91. The van der Waals surface area contributed by atoms with Crippen LogP contribution in [0.25, 0.3) is 0 Å². The molecule has 3 aliphatic heterocycles. The molecular weight excluding hydrogens is 608 g/mol. The molecule has 13 nitrogen and oxygen atoms in total. The minimum atomic E-state index is -0.821. The molecule has 13 heteroatoms. The molecule has 1 fully saturated rings. The maximum absolute atomic E-state index is 13.9. The van der Waals surface area contributed by atoms with Crippen molar-refractivity contribution in [2.45, 2.75) is 65.0 Å². The largest absolute Gasteiger partial charge is 0.457 e. The highest BCUT2D eigenvalue weighted by atomic mass is 17.2. The van der Waals surface area contributed by atoms with Gasteiger partial charge in [0.2, 0.25) is 18.0 Å². The summed E-state index contributed by atoms with van der Waals surface area (Å²) in [5, 5.41) is 5.84. The number of rotatable bonds is 8. The first-order valence-corrected chi connectivity index (χ1v) is 16.0. The number of nitrogens with zero attached hydrogens (tertiary/aromatic N) is 2. The van der Waals surface area contributed by atoms with E-state index in [1.54, 1.807) is 31.1 Å². The van der Waals surface area contributed by atoms with Gasteiger partial charge in [-0.3, -0.25) is 28.9 Å². The smallest absolute Gasteiger partial charge is 0.293 e. The Balaban J connectivity index is 1.65. The molecule has 0 spiro atoms. The molecule has 0 aromatic heterocycles. The van der Waals surface area contributed by atoms with Gasteiger partial charge < -0.3 is 25.0 Å². The fourth-order valence-electron chi connectivity index (χ4n) is 6.31. The van der Waals surface area contributed by atoms with Crippen LogP contribution in [0.4, 0.5) is 0 Å². The van der Waals surface area contributed by atoms with E-state index in [0.717, 1.165) is 25.1 Å². The number of piperazine rings is 1. The Morgan fingerprint density at radius 3 is 2.51 bits per heavy atom. The van der Waals surface area contributed by atoms with Gasteiger partial charge in [0.25, 0.3) is 12.4 Å². The second-order valence-corrected chi connectivity index (χ2v) is 12.6. The SMILES string of the molecule is COC1C[C@H](C)CC2=C(NCCN3CCN(C=O)CC3)C(=O)C=C(NC(=O)/C(C)=C/C=C\C3OOC1[C@@H](C)/C=C(\C)C3OC=O)C2=O. The number of ketones is 2. The van der Waals surface area contributed by atoms with Crippen LogP contribution in [0.3, 0.4) is 0 Å². The van der Waals surface area contributed by atoms with Crippen molar-refractivity contribution >= 4 is 30.4 Å². The first kappa shape index (κ1) is 35.9. The van der Waals surface area contributed by atoms with Crippen molar-refractivity contribution in [3.63, 3.8) is 0 Å². The lowest BCUT2D eigenvalue weighted by atomic mass is 9.85. The second kappa shape index (κ2) is 16.8. The minimum absolute atomic E-state index is 0.0877. The zero-order chi connectivity index (χ0) is 34.1. The molecule has 4 rings (SSSR count). The van der Waals surface area contributed by atoms with Crippen molar-refractivity contribution < 1.29 is 43.2 Å². The van der Waals surface area contributed by atoms with Gasteiger partial charge in [-0.1, -0.05) is 32.1 Å². The topological polar surface area (TPSA) is 153 Å². The Bertz CT molecular complexity index is 1360. The van der Waals surface area contributed by atoms with Gasteiger partial charge in [-0.25, -0.2) is 9.78 Å². The molecule has 2 amide bonds. The van der Waals surface area contributed by atoms with Crippen LogP contribution in [-0.4, -0.2) is 111 Å². The van der Waals surface area contributed by atoms with Gasteiger partial charge >= 0.3 is 0 Å². The Labute approximate surface area is 275 Å². The zero-order valence-electron chi connectivity index (χ0n) is 27.7. The van der Waals surface area contributed by atoms with Crippen LogP contribution < -0.4 is 10.6 Å². The van der Waals surface area contributed by atoms with Gasteiger partial charge in [-0.2, -0.15) is 0 Å². The van der Waals surface area contributed by atoms with E-state index in [4.69, 9.17) is 19.2 Å². The molecule has 0 aromatic carbocycles. The van der Waals surface area contributed by atoms with E-state index in [1.165, 1.54) is 12.2 Å². The lowest BCUT2D eigenvalue weighted by molar-refractivity contribution is -0.371. The average Bonchev–Trinajstić information content (AvgIpc) is 3.05. The van der Waals surface area contributed by atoms with Crippen LogP contribution in [-0.2, 0) is 43.2 Å². The van der Waals surface area contributed by atoms with Crippen LogP contribution in [0.15, 0.2) is 58.5 Å². The fraction of sp³-hybridized carbons (Fsp3) is 0.559. The molecule has 4 aliphatic rings. The molecular formula is C34H46N4O9. The van der Waals surface area contributed by atoms with E-state index in [1.807, 2.05) is 26.8 Å². The van der Waals surface area contributed by atoms with E-state index >= 15 is 0 Å². The molecule has 0 radical (unpaired) electrons. The number of methoxy groups -OCH3 is 1. The van der Waals surface area contributed by atoms with Crippen LogP contribution in [0.1, 0.15) is 40.5 Å². The summed E-state index contributed by atoms with van der Waals surface area (Å²) in [7, 11) is 1.58. The molecule has 0 saturated carbocycles. The maximum atomic E-state index is 13.9. The van der Waals surface area contributed by atoms with Crippen molar-refractivity contribution in [3.05, 3.63) is 58.5 Å². The summed E-state index contributed by atoms with van der Waals surface area (Å²) in [4.78, 5) is 78.6. The minimum Gasteiger partial charge on any atom is -0.457 e. The number of allylic oxidation sites excluding steroid dienone is 4. The van der Waals surface area contributed by atoms with E-state index in [2.05, 4.69) is 15.5 Å². The van der Waals surface area contributed by atoms with Crippen LogP contribution >= 0.6 is 0 Å². The number of carbonyl (C=O) groups excluding carboxylic acids is 5. The zero-order valence-corrected chi connectivity index (χ0v) is 27.7. The number of ether oxygens (including phenoxy) is 2. The molecule has 4 unspecified atom stereocenters. The van der Waals surface area contributed by atoms with Gasteiger partial charge in [-0.15, -0.1) is 0 Å². The summed E-state index contributed by atoms with van der Waals surface area (Å²) in [6.07, 6.45) is 6.83. The van der Waals surface area contributed by atoms with Crippen molar-refractivity contribution in [2.24, 2.45) is 11.8 Å². The van der Waals surface area contributed by atoms with Crippen molar-refractivity contribution in [2.75, 3.05) is 46.4 Å². The number of hydrogen-bond donors (Lipinski definition) is 2. The summed E-state index contributed by atoms with van der Waals surface area (Å²) < 4.78 is 11.3. The number of hydrogen-bond acceptors (Lipinski definition) is 11. The Morgan fingerprint density at radius 2 is 1.83 bits per heavy atom. The van der Waals surface area contributed by atoms with Crippen molar-refractivity contribution in [1.29, 1.82) is 0 Å². The van der Waals surface area contributed by atoms with Gasteiger partial charge in [0.05, 0.1) is 17.5 Å². The Morgan fingerprint density at radius 1 is 1.09 bits per heavy atom. The predicted octanol–water partition coefficient (Wildman–Crippen LogP) is 1.53. The maximum Gasteiger partial charge on any atom is 0.293 e. The number of nitrogens with one attached hydrogen (secondary N) is 2. The molecule has 0 aromatic rings. The summed E-state index contributed by atoms with van der Waals surface area (Å²) in [6, 6.07) is 0. The highest BCUT2D eigenvalue weighted by Gasteiger charge is 2.37. The molecule has 47 heavy (non-hydrogen) atoms. The highest BCUT2D eigenvalue weighted by molar-refractivity contribution is 6.23. The standard InChI is InChI=1S/C34H46N4O9/c1-21-15-25-30(35-9-10-37-11-13-38(19-39)14-12-37)27(41)18-26(31(25)42)36-34(43)22(2)7-6-8-28-32(45-20-40)23(3)17-24(4)33(47-46-28)29(16-21)44-5/h6-8,17-21,24,28-29,32-33,35H,9-16H2,1-5H3,(H,36,43)/b8-6-,22-7+,23-17+/t21-,24+,28?,29?,32?,33?/m1/s1. The monoisotopic (exact) mass is 654 g/mol. The lowest BCUT2D eigenvalue weighted by Crippen LogP contribution is -2.47. The predicted molar refractivity (Wildman–Crippen MR) is 171 cm³/mol. The van der Waals surface area contributed by atoms with Gasteiger partial charge in [0.15, 0.2) is 12.2 Å². The van der Waals surface area contributed by atoms with Crippen molar-refractivity contribution in [3.8, 4) is 0 Å². The number of fused-ring (bicyclic) bond motifs is 5. The Kier molecular flexibility index (Phi) is 12.8. The van der Waals surface area contributed by atoms with E-state index in [0.29, 0.717) is 44.6 Å². The summed E-state index contributed by atoms with van der Waals surface area (Å²) in [6.45, 7) is 11.5. The van der Waals surface area contributed by atoms with Crippen molar-refractivity contribution in [1.82, 2.24) is 20.4 Å². The number of amides is 2. The molecule has 6 atom stereocenters. The van der Waals surface area contributed by atoms with Gasteiger partial charge in [-0.05, 0) is 44.3 Å². The summed E-state index contributed by atoms with van der Waals surface area (Å²) in [5.41, 5.74) is 1.45. The molecule has 256 valence electrons. The van der Waals surface area contributed by atoms with Crippen LogP contribution in [0.5, 0.6) is 0 Å². The average molecular weight is 655 g/mol. The van der Waals surface area contributed by atoms with E-state index in [9.17, 15) is 24.0 Å². The van der Waals surface area contributed by atoms with Crippen LogP contribution in [0.2, 0.25) is 0 Å². The normalized spacial score (nSPS) is 32.8. The summed E-state index contributed by atoms with van der Waals surface area (Å²) >= 11 is 0. The first-order valence-electron chi connectivity index (χ1n) is 16.0. The third kappa shape index (κ3) is 9.13. The van der Waals surface area contributed by atoms with Crippen LogP contribution in [0, 0.1) is 11.8 Å². The number of carbonyl (C=O) groups is 5. The third-order valence-corrected chi connectivity index (χ3v) is 9.01.